The van der Waals surface area contributed by atoms with Crippen LogP contribution < -0.4 is 20.1 Å². The minimum absolute atomic E-state index is 0.0472. The molecule has 0 bridgehead atoms. The van der Waals surface area contributed by atoms with Crippen molar-refractivity contribution in [3.05, 3.63) is 84.4 Å². The summed E-state index contributed by atoms with van der Waals surface area (Å²) in [5.74, 6) is -2.61. The molecule has 1 aliphatic heterocycles. The van der Waals surface area contributed by atoms with Gasteiger partial charge in [-0.15, -0.1) is 6.58 Å². The Balaban J connectivity index is 1.33. The number of carbonyl (C=O) groups excluding carboxylic acids is 4. The van der Waals surface area contributed by atoms with Crippen LogP contribution in [0.4, 0.5) is 4.79 Å². The SMILES string of the molecule is C=C[C@@H]1C[C@]1(NC(=O)[C@H]1C[C@@H](OCc2ccccc2)CN1C(=O)[C@@H](NC(=O)OC1CCCC1)C(C)(C)C)C(=O)NS(=O)(=O)NCc1ccccc1. The topological polar surface area (TPSA) is 172 Å². The maximum atomic E-state index is 14.3. The number of alkyl carbamates (subject to hydrolysis) is 1. The summed E-state index contributed by atoms with van der Waals surface area (Å²) < 4.78 is 41.9. The van der Waals surface area contributed by atoms with E-state index in [-0.39, 0.29) is 38.6 Å². The number of benzene rings is 2. The van der Waals surface area contributed by atoms with Gasteiger partial charge in [0, 0.05) is 25.4 Å². The molecule has 4 N–H and O–H groups in total. The quantitative estimate of drug-likeness (QED) is 0.215. The first-order chi connectivity index (χ1) is 24.2. The number of carbonyl (C=O) groups is 4. The van der Waals surface area contributed by atoms with Gasteiger partial charge < -0.3 is 25.0 Å². The van der Waals surface area contributed by atoms with Crippen LogP contribution in [0.15, 0.2) is 73.3 Å². The molecule has 1 heterocycles. The molecule has 2 aromatic rings. The molecule has 5 rings (SSSR count). The molecule has 2 saturated carbocycles. The van der Waals surface area contributed by atoms with E-state index in [1.54, 1.807) is 30.3 Å². The summed E-state index contributed by atoms with van der Waals surface area (Å²) in [6.07, 6.45) is 3.74. The Morgan fingerprint density at radius 1 is 0.980 bits per heavy atom. The van der Waals surface area contributed by atoms with Crippen LogP contribution in [0.3, 0.4) is 0 Å². The first-order valence-electron chi connectivity index (χ1n) is 17.4. The average molecular weight is 724 g/mol. The van der Waals surface area contributed by atoms with Gasteiger partial charge in [-0.05, 0) is 48.6 Å². The standard InChI is InChI=1S/C37H49N5O8S/c1-5-27-21-37(27,34(45)41-51(47,48)38-22-25-14-8-6-9-15-25)40-32(43)30-20-29(49-24-26-16-10-7-11-17-26)23-42(30)33(44)31(36(2,3)4)39-35(46)50-28-18-12-13-19-28/h5-11,14-17,27-31,38H,1,12-13,18-24H2,2-4H3,(H,39,46)(H,40,43)(H,41,45)/t27-,29-,30-,31-,37-/m1/s1. The van der Waals surface area contributed by atoms with Gasteiger partial charge in [-0.1, -0.05) is 87.5 Å². The second kappa shape index (κ2) is 16.0. The van der Waals surface area contributed by atoms with Crippen molar-refractivity contribution in [2.75, 3.05) is 6.54 Å². The van der Waals surface area contributed by atoms with Crippen molar-refractivity contribution >= 4 is 34.0 Å². The molecule has 0 aromatic heterocycles. The summed E-state index contributed by atoms with van der Waals surface area (Å²) in [6.45, 7) is 9.45. The highest BCUT2D eigenvalue weighted by molar-refractivity contribution is 7.88. The Bertz CT molecular complexity index is 1680. The van der Waals surface area contributed by atoms with Crippen molar-refractivity contribution in [1.82, 2.24) is 25.0 Å². The summed E-state index contributed by atoms with van der Waals surface area (Å²) in [4.78, 5) is 56.4. The van der Waals surface area contributed by atoms with Crippen molar-refractivity contribution in [1.29, 1.82) is 0 Å². The van der Waals surface area contributed by atoms with E-state index in [1.165, 1.54) is 11.0 Å². The molecule has 51 heavy (non-hydrogen) atoms. The molecule has 14 heteroatoms. The van der Waals surface area contributed by atoms with Gasteiger partial charge >= 0.3 is 16.3 Å². The predicted molar refractivity (Wildman–Crippen MR) is 190 cm³/mol. The average Bonchev–Trinajstić information content (AvgIpc) is 3.36. The van der Waals surface area contributed by atoms with Crippen LogP contribution in [-0.2, 0) is 47.2 Å². The van der Waals surface area contributed by atoms with Gasteiger partial charge in [-0.25, -0.2) is 9.52 Å². The van der Waals surface area contributed by atoms with Gasteiger partial charge in [-0.2, -0.15) is 13.1 Å². The second-order valence-electron chi connectivity index (χ2n) is 14.7. The monoisotopic (exact) mass is 723 g/mol. The number of nitrogens with one attached hydrogen (secondary N) is 4. The number of amides is 4. The molecule has 3 aliphatic rings. The molecule has 3 fully saturated rings. The van der Waals surface area contributed by atoms with E-state index in [4.69, 9.17) is 9.47 Å². The van der Waals surface area contributed by atoms with Gasteiger partial charge in [0.25, 0.3) is 5.91 Å². The molecule has 276 valence electrons. The lowest BCUT2D eigenvalue weighted by atomic mass is 9.85. The molecule has 0 unspecified atom stereocenters. The molecule has 0 spiro atoms. The number of ether oxygens (including phenoxy) is 2. The molecular formula is C37H49N5O8S. The minimum atomic E-state index is -4.30. The highest BCUT2D eigenvalue weighted by Gasteiger charge is 2.61. The van der Waals surface area contributed by atoms with Crippen molar-refractivity contribution in [2.45, 2.75) is 102 Å². The Morgan fingerprint density at radius 3 is 2.20 bits per heavy atom. The van der Waals surface area contributed by atoms with Gasteiger partial charge in [0.1, 0.15) is 23.7 Å². The van der Waals surface area contributed by atoms with Crippen LogP contribution in [0.25, 0.3) is 0 Å². The first kappa shape index (κ1) is 38.0. The Labute approximate surface area is 300 Å². The number of rotatable bonds is 14. The zero-order chi connectivity index (χ0) is 36.8. The molecule has 2 aromatic carbocycles. The molecular weight excluding hydrogens is 675 g/mol. The number of hydrogen-bond donors (Lipinski definition) is 4. The molecule has 4 amide bonds. The molecule has 0 radical (unpaired) electrons. The maximum Gasteiger partial charge on any atom is 0.408 e. The van der Waals surface area contributed by atoms with Crippen molar-refractivity contribution in [2.24, 2.45) is 11.3 Å². The Morgan fingerprint density at radius 2 is 1.61 bits per heavy atom. The second-order valence-corrected chi connectivity index (χ2v) is 16.2. The third kappa shape index (κ3) is 9.75. The van der Waals surface area contributed by atoms with Crippen molar-refractivity contribution in [3.8, 4) is 0 Å². The zero-order valence-electron chi connectivity index (χ0n) is 29.4. The molecule has 5 atom stereocenters. The van der Waals surface area contributed by atoms with Gasteiger partial charge in [0.15, 0.2) is 0 Å². The molecule has 13 nitrogen and oxygen atoms in total. The summed E-state index contributed by atoms with van der Waals surface area (Å²) in [5, 5.41) is 5.54. The van der Waals surface area contributed by atoms with E-state index in [0.717, 1.165) is 31.2 Å². The largest absolute Gasteiger partial charge is 0.446 e. The van der Waals surface area contributed by atoms with Gasteiger partial charge in [0.2, 0.25) is 11.8 Å². The van der Waals surface area contributed by atoms with E-state index in [0.29, 0.717) is 5.56 Å². The molecule has 1 saturated heterocycles. The third-order valence-corrected chi connectivity index (χ3v) is 10.7. The lowest BCUT2D eigenvalue weighted by molar-refractivity contribution is -0.143. The Kier molecular flexibility index (Phi) is 11.9. The van der Waals surface area contributed by atoms with Crippen LogP contribution in [0.2, 0.25) is 0 Å². The van der Waals surface area contributed by atoms with Crippen LogP contribution >= 0.6 is 0 Å². The normalized spacial score (nSPS) is 24.0. The highest BCUT2D eigenvalue weighted by Crippen LogP contribution is 2.45. The molecule has 2 aliphatic carbocycles. The van der Waals surface area contributed by atoms with Crippen LogP contribution in [-0.4, -0.2) is 73.5 Å². The number of likely N-dealkylation sites (tertiary alicyclic amines) is 1. The van der Waals surface area contributed by atoms with Gasteiger partial charge in [-0.3, -0.25) is 14.4 Å². The summed E-state index contributed by atoms with van der Waals surface area (Å²) >= 11 is 0. The van der Waals surface area contributed by atoms with E-state index in [2.05, 4.69) is 26.7 Å². The van der Waals surface area contributed by atoms with Crippen LogP contribution in [0.5, 0.6) is 0 Å². The minimum Gasteiger partial charge on any atom is -0.446 e. The number of nitrogens with zero attached hydrogens (tertiary/aromatic N) is 1. The van der Waals surface area contributed by atoms with Crippen molar-refractivity contribution in [3.63, 3.8) is 0 Å². The van der Waals surface area contributed by atoms with Crippen LogP contribution in [0.1, 0.15) is 70.4 Å². The fraction of sp³-hybridized carbons (Fsp3) is 0.514. The lowest BCUT2D eigenvalue weighted by Gasteiger charge is -2.35. The maximum absolute atomic E-state index is 14.3. The van der Waals surface area contributed by atoms with Crippen molar-refractivity contribution < 1.29 is 37.1 Å². The summed E-state index contributed by atoms with van der Waals surface area (Å²) in [7, 11) is -4.30. The van der Waals surface area contributed by atoms with Gasteiger partial charge in [0.05, 0.1) is 12.7 Å². The third-order valence-electron chi connectivity index (χ3n) is 9.71. The van der Waals surface area contributed by atoms with E-state index in [9.17, 15) is 27.6 Å². The van der Waals surface area contributed by atoms with E-state index >= 15 is 0 Å². The Hall–Kier alpha value is -4.27. The predicted octanol–water partition coefficient (Wildman–Crippen LogP) is 3.47. The lowest BCUT2D eigenvalue weighted by Crippen LogP contribution is -2.60. The number of hydrogen-bond acceptors (Lipinski definition) is 8. The zero-order valence-corrected chi connectivity index (χ0v) is 30.2. The fourth-order valence-electron chi connectivity index (χ4n) is 6.68. The van der Waals surface area contributed by atoms with Crippen LogP contribution in [0, 0.1) is 11.3 Å². The smallest absolute Gasteiger partial charge is 0.408 e. The summed E-state index contributed by atoms with van der Waals surface area (Å²) in [6, 6.07) is 16.2. The first-order valence-corrected chi connectivity index (χ1v) is 18.9. The van der Waals surface area contributed by atoms with E-state index < -0.39 is 69.1 Å². The summed E-state index contributed by atoms with van der Waals surface area (Å²) in [5.41, 5.74) is -0.747. The van der Waals surface area contributed by atoms with E-state index in [1.807, 2.05) is 51.1 Å². The fourth-order valence-corrected chi connectivity index (χ4v) is 7.54. The highest BCUT2D eigenvalue weighted by atomic mass is 32.2.